The molecule has 2 aromatic carbocycles. The first-order valence-corrected chi connectivity index (χ1v) is 10.6. The van der Waals surface area contributed by atoms with Crippen LogP contribution in [0.1, 0.15) is 43.4 Å². The van der Waals surface area contributed by atoms with Crippen molar-refractivity contribution in [1.82, 2.24) is 5.32 Å². The van der Waals surface area contributed by atoms with E-state index in [0.29, 0.717) is 24.1 Å². The fraction of sp³-hybridized carbons (Fsp3) is 0.333. The summed E-state index contributed by atoms with van der Waals surface area (Å²) in [6.07, 6.45) is 1.24. The number of amides is 2. The molecule has 1 aliphatic rings. The molecule has 8 heteroatoms. The maximum absolute atomic E-state index is 13.0. The van der Waals surface area contributed by atoms with Gasteiger partial charge in [-0.25, -0.2) is 0 Å². The van der Waals surface area contributed by atoms with Crippen LogP contribution in [0.15, 0.2) is 54.6 Å². The molecule has 2 aromatic rings. The Kier molecular flexibility index (Phi) is 7.59. The third kappa shape index (κ3) is 5.72. The third-order valence-corrected chi connectivity index (χ3v) is 5.61. The second-order valence-electron chi connectivity index (χ2n) is 7.75. The molecule has 3 atom stereocenters. The van der Waals surface area contributed by atoms with Crippen molar-refractivity contribution >= 4 is 29.3 Å². The van der Waals surface area contributed by atoms with Crippen LogP contribution in [-0.4, -0.2) is 30.2 Å². The zero-order valence-electron chi connectivity index (χ0n) is 18.0. The smallest absolute Gasteiger partial charge is 0.308 e. The van der Waals surface area contributed by atoms with Crippen LogP contribution in [0.5, 0.6) is 0 Å². The Morgan fingerprint density at radius 1 is 1.03 bits per heavy atom. The van der Waals surface area contributed by atoms with E-state index < -0.39 is 23.8 Å². The first-order chi connectivity index (χ1) is 15.4. The number of nitrogens with one attached hydrogen (secondary N) is 3. The maximum atomic E-state index is 13.0. The number of benzene rings is 2. The van der Waals surface area contributed by atoms with Crippen LogP contribution in [-0.2, 0) is 19.1 Å². The highest BCUT2D eigenvalue weighted by molar-refractivity contribution is 5.98. The summed E-state index contributed by atoms with van der Waals surface area (Å²) in [5, 5.41) is 13.2. The van der Waals surface area contributed by atoms with Gasteiger partial charge in [-0.2, -0.15) is 0 Å². The number of hydrogen-bond acceptors (Lipinski definition) is 5. The van der Waals surface area contributed by atoms with Crippen LogP contribution < -0.4 is 16.4 Å². The summed E-state index contributed by atoms with van der Waals surface area (Å²) >= 11 is 0. The van der Waals surface area contributed by atoms with Gasteiger partial charge in [0.05, 0.1) is 19.1 Å². The van der Waals surface area contributed by atoms with Crippen molar-refractivity contribution in [3.63, 3.8) is 0 Å². The number of anilines is 1. The van der Waals surface area contributed by atoms with Gasteiger partial charge in [-0.05, 0) is 49.6 Å². The lowest BCUT2D eigenvalue weighted by Gasteiger charge is -2.35. The van der Waals surface area contributed by atoms with Gasteiger partial charge in [0.25, 0.3) is 0 Å². The Morgan fingerprint density at radius 3 is 2.22 bits per heavy atom. The standard InChI is InChI=1S/C24H28N4O4/c1-2-32-21(29)14-20(15-6-4-3-5-7-15)28-24(31)19-13-12-18(19)23(30)27-17-10-8-16(9-11-17)22(25)26/h3-11,18-20H,2,12-14H2,1H3,(H3,25,26)(H,27,30)(H,28,31). The molecule has 3 unspecified atom stereocenters. The van der Waals surface area contributed by atoms with E-state index in [1.165, 1.54) is 0 Å². The quantitative estimate of drug-likeness (QED) is 0.272. The van der Waals surface area contributed by atoms with Crippen molar-refractivity contribution in [2.24, 2.45) is 17.6 Å². The van der Waals surface area contributed by atoms with Gasteiger partial charge in [-0.15, -0.1) is 0 Å². The topological polar surface area (TPSA) is 134 Å². The molecule has 3 rings (SSSR count). The zero-order chi connectivity index (χ0) is 23.1. The summed E-state index contributed by atoms with van der Waals surface area (Å²) in [6, 6.07) is 15.4. The highest BCUT2D eigenvalue weighted by Crippen LogP contribution is 2.36. The molecule has 5 N–H and O–H groups in total. The fourth-order valence-electron chi connectivity index (χ4n) is 3.70. The number of nitrogens with two attached hydrogens (primary N) is 1. The van der Waals surface area contributed by atoms with Crippen LogP contribution in [0.2, 0.25) is 0 Å². The highest BCUT2D eigenvalue weighted by atomic mass is 16.5. The Bertz CT molecular complexity index is 975. The Hall–Kier alpha value is -3.68. The van der Waals surface area contributed by atoms with E-state index in [9.17, 15) is 14.4 Å². The van der Waals surface area contributed by atoms with Gasteiger partial charge < -0.3 is 21.1 Å². The van der Waals surface area contributed by atoms with E-state index in [4.69, 9.17) is 15.9 Å². The summed E-state index contributed by atoms with van der Waals surface area (Å²) in [4.78, 5) is 37.7. The minimum Gasteiger partial charge on any atom is -0.466 e. The highest BCUT2D eigenvalue weighted by Gasteiger charge is 2.42. The monoisotopic (exact) mass is 436 g/mol. The normalized spacial score (nSPS) is 18.0. The average Bonchev–Trinajstić information content (AvgIpc) is 2.73. The summed E-state index contributed by atoms with van der Waals surface area (Å²) in [7, 11) is 0. The second-order valence-corrected chi connectivity index (χ2v) is 7.75. The van der Waals surface area contributed by atoms with Crippen molar-refractivity contribution in [2.45, 2.75) is 32.2 Å². The minimum atomic E-state index is -0.522. The molecule has 8 nitrogen and oxygen atoms in total. The molecule has 0 saturated heterocycles. The van der Waals surface area contributed by atoms with Crippen LogP contribution in [0.25, 0.3) is 0 Å². The second kappa shape index (κ2) is 10.6. The summed E-state index contributed by atoms with van der Waals surface area (Å²) in [5.41, 5.74) is 7.40. The zero-order valence-corrected chi connectivity index (χ0v) is 18.0. The molecule has 0 bridgehead atoms. The average molecular weight is 437 g/mol. The number of esters is 1. The Labute approximate surface area is 187 Å². The first-order valence-electron chi connectivity index (χ1n) is 10.6. The molecule has 0 radical (unpaired) electrons. The van der Waals surface area contributed by atoms with Gasteiger partial charge in [-0.3, -0.25) is 19.8 Å². The fourth-order valence-corrected chi connectivity index (χ4v) is 3.70. The predicted octanol–water partition coefficient (Wildman–Crippen LogP) is 2.75. The van der Waals surface area contributed by atoms with Crippen molar-refractivity contribution in [2.75, 3.05) is 11.9 Å². The third-order valence-electron chi connectivity index (χ3n) is 5.61. The molecule has 0 aliphatic heterocycles. The van der Waals surface area contributed by atoms with Crippen molar-refractivity contribution in [3.8, 4) is 0 Å². The number of nitrogen functional groups attached to an aromatic ring is 1. The van der Waals surface area contributed by atoms with Crippen molar-refractivity contribution in [3.05, 3.63) is 65.7 Å². The number of carbonyl (C=O) groups is 3. The molecule has 1 aliphatic carbocycles. The number of ether oxygens (including phenoxy) is 1. The molecule has 2 amide bonds. The van der Waals surface area contributed by atoms with Crippen LogP contribution in [0.3, 0.4) is 0 Å². The summed E-state index contributed by atoms with van der Waals surface area (Å²) < 4.78 is 5.05. The van der Waals surface area contributed by atoms with E-state index in [0.717, 1.165) is 5.56 Å². The molecule has 32 heavy (non-hydrogen) atoms. The first kappa shape index (κ1) is 23.0. The predicted molar refractivity (Wildman–Crippen MR) is 121 cm³/mol. The molecule has 0 heterocycles. The molecule has 0 aromatic heterocycles. The van der Waals surface area contributed by atoms with Crippen LogP contribution in [0, 0.1) is 17.2 Å². The van der Waals surface area contributed by atoms with E-state index in [1.54, 1.807) is 31.2 Å². The van der Waals surface area contributed by atoms with Crippen LogP contribution >= 0.6 is 0 Å². The van der Waals surface area contributed by atoms with Gasteiger partial charge in [0.15, 0.2) is 0 Å². The Balaban J connectivity index is 1.63. The van der Waals surface area contributed by atoms with Gasteiger partial charge in [0, 0.05) is 23.1 Å². The minimum absolute atomic E-state index is 0.0235. The number of carbonyl (C=O) groups excluding carboxylic acids is 3. The number of amidine groups is 1. The van der Waals surface area contributed by atoms with E-state index in [-0.39, 0.29) is 30.7 Å². The van der Waals surface area contributed by atoms with Gasteiger partial charge >= 0.3 is 5.97 Å². The lowest BCUT2D eigenvalue weighted by atomic mass is 9.72. The van der Waals surface area contributed by atoms with Crippen LogP contribution in [0.4, 0.5) is 5.69 Å². The molecular weight excluding hydrogens is 408 g/mol. The number of rotatable bonds is 9. The summed E-state index contributed by atoms with van der Waals surface area (Å²) in [5.74, 6) is -1.82. The molecule has 1 saturated carbocycles. The SMILES string of the molecule is CCOC(=O)CC(NC(=O)C1CCC1C(=O)Nc1ccc(C(=N)N)cc1)c1ccccc1. The van der Waals surface area contributed by atoms with E-state index in [2.05, 4.69) is 10.6 Å². The van der Waals surface area contributed by atoms with Gasteiger partial charge in [0.1, 0.15) is 5.84 Å². The molecule has 1 fully saturated rings. The lowest BCUT2D eigenvalue weighted by Crippen LogP contribution is -2.47. The lowest BCUT2D eigenvalue weighted by molar-refractivity contribution is -0.144. The Morgan fingerprint density at radius 2 is 1.66 bits per heavy atom. The van der Waals surface area contributed by atoms with E-state index >= 15 is 0 Å². The largest absolute Gasteiger partial charge is 0.466 e. The maximum Gasteiger partial charge on any atom is 0.308 e. The molecular formula is C24H28N4O4. The molecule has 168 valence electrons. The summed E-state index contributed by atoms with van der Waals surface area (Å²) in [6.45, 7) is 2.01. The van der Waals surface area contributed by atoms with E-state index in [1.807, 2.05) is 30.3 Å². The molecule has 0 spiro atoms. The van der Waals surface area contributed by atoms with Crippen molar-refractivity contribution < 1.29 is 19.1 Å². The number of hydrogen-bond donors (Lipinski definition) is 4. The van der Waals surface area contributed by atoms with Gasteiger partial charge in [-0.1, -0.05) is 30.3 Å². The van der Waals surface area contributed by atoms with Crippen molar-refractivity contribution in [1.29, 1.82) is 5.41 Å². The van der Waals surface area contributed by atoms with Gasteiger partial charge in [0.2, 0.25) is 11.8 Å².